The van der Waals surface area contributed by atoms with Crippen LogP contribution < -0.4 is 0 Å². The van der Waals surface area contributed by atoms with Crippen molar-refractivity contribution < 1.29 is 0 Å². The van der Waals surface area contributed by atoms with Crippen LogP contribution in [0.1, 0.15) is 25.0 Å². The van der Waals surface area contributed by atoms with E-state index < -0.39 is 0 Å². The average Bonchev–Trinajstić information content (AvgIpc) is 4.17. The van der Waals surface area contributed by atoms with Crippen molar-refractivity contribution in [2.75, 3.05) is 0 Å². The highest BCUT2D eigenvalue weighted by molar-refractivity contribution is 6.15. The summed E-state index contributed by atoms with van der Waals surface area (Å²) in [7, 11) is 0. The number of aromatic nitrogens is 5. The van der Waals surface area contributed by atoms with Crippen molar-refractivity contribution in [3.63, 3.8) is 0 Å². The van der Waals surface area contributed by atoms with Crippen LogP contribution >= 0.6 is 0 Å². The lowest BCUT2D eigenvalue weighted by Crippen LogP contribution is -2.15. The maximum absolute atomic E-state index is 5.56. The van der Waals surface area contributed by atoms with E-state index in [1.807, 2.05) is 0 Å². The highest BCUT2D eigenvalue weighted by atomic mass is 15.0. The van der Waals surface area contributed by atoms with Gasteiger partial charge in [-0.15, -0.1) is 0 Å². The highest BCUT2D eigenvalue weighted by Gasteiger charge is 2.35. The smallest absolute Gasteiger partial charge is 0.160 e. The highest BCUT2D eigenvalue weighted by Crippen LogP contribution is 2.50. The van der Waals surface area contributed by atoms with Gasteiger partial charge in [0.1, 0.15) is 0 Å². The molecular formula is C69H45N5. The van der Waals surface area contributed by atoms with Crippen molar-refractivity contribution in [3.05, 3.63) is 248 Å². The zero-order valence-electron chi connectivity index (χ0n) is 40.8. The number of hydrogen-bond acceptors (Lipinski definition) is 2. The Morgan fingerprint density at radius 2 is 0.784 bits per heavy atom. The molecule has 5 nitrogen and oxygen atoms in total. The van der Waals surface area contributed by atoms with Gasteiger partial charge in [-0.3, -0.25) is 0 Å². The van der Waals surface area contributed by atoms with Crippen LogP contribution in [-0.4, -0.2) is 23.7 Å². The molecule has 0 spiro atoms. The second kappa shape index (κ2) is 15.2. The van der Waals surface area contributed by atoms with E-state index >= 15 is 0 Å². The number of fused-ring (bicyclic) bond motifs is 15. The maximum atomic E-state index is 5.56. The lowest BCUT2D eigenvalue weighted by Gasteiger charge is -2.22. The number of nitrogens with zero attached hydrogens (tertiary/aromatic N) is 5. The van der Waals surface area contributed by atoms with Crippen LogP contribution in [0.3, 0.4) is 0 Å². The number of para-hydroxylation sites is 4. The summed E-state index contributed by atoms with van der Waals surface area (Å²) in [6, 6.07) is 86.6. The average molecular weight is 944 g/mol. The zero-order chi connectivity index (χ0) is 48.8. The van der Waals surface area contributed by atoms with E-state index in [2.05, 4.69) is 264 Å². The minimum Gasteiger partial charge on any atom is -0.309 e. The predicted octanol–water partition coefficient (Wildman–Crippen LogP) is 17.7. The Morgan fingerprint density at radius 3 is 1.38 bits per heavy atom. The molecule has 11 aromatic carbocycles. The van der Waals surface area contributed by atoms with E-state index in [1.54, 1.807) is 0 Å². The zero-order valence-corrected chi connectivity index (χ0v) is 40.8. The van der Waals surface area contributed by atoms with Crippen molar-refractivity contribution in [1.29, 1.82) is 0 Å². The Balaban J connectivity index is 0.917. The second-order valence-electron chi connectivity index (χ2n) is 20.5. The number of benzene rings is 11. The SMILES string of the molecule is CC1(C)c2ccccc2-c2ccc(-c3nc(-c4ccc(-n5c6cc(-n7c8ccccc8c8ccccc87)ccc6c6ccc(-n7c8ccccc8c8ccccc87)cc65)cc4)c4c(ccc5ccccc54)n3)cc21. The lowest BCUT2D eigenvalue weighted by molar-refractivity contribution is 0.660. The molecule has 0 bridgehead atoms. The van der Waals surface area contributed by atoms with Gasteiger partial charge in [0.2, 0.25) is 0 Å². The van der Waals surface area contributed by atoms with Gasteiger partial charge >= 0.3 is 0 Å². The molecule has 74 heavy (non-hydrogen) atoms. The first-order valence-corrected chi connectivity index (χ1v) is 25.6. The Labute approximate surface area is 426 Å². The quantitative estimate of drug-likeness (QED) is 0.161. The Morgan fingerprint density at radius 1 is 0.324 bits per heavy atom. The Kier molecular flexibility index (Phi) is 8.45. The molecule has 4 heterocycles. The third-order valence-electron chi connectivity index (χ3n) is 16.2. The van der Waals surface area contributed by atoms with Crippen LogP contribution in [0.2, 0.25) is 0 Å². The first-order valence-electron chi connectivity index (χ1n) is 25.6. The third-order valence-corrected chi connectivity index (χ3v) is 16.2. The second-order valence-corrected chi connectivity index (χ2v) is 20.5. The minimum absolute atomic E-state index is 0.144. The Bertz CT molecular complexity index is 4590. The molecule has 0 aliphatic heterocycles. The van der Waals surface area contributed by atoms with Gasteiger partial charge in [0.15, 0.2) is 5.82 Å². The summed E-state index contributed by atoms with van der Waals surface area (Å²) < 4.78 is 7.30. The standard InChI is InChI=1S/C69H45N5/c1-69(2)57-22-10-5-17-49(57)50-35-29-44(39-58(50)69)68-70-59-38-30-42-15-3-4-16-48(42)66(59)67(71-68)43-27-31-45(32-28-43)72-64-40-46(73-60-23-11-6-18-51(60)52-19-7-12-24-61(52)73)33-36-55(64)56-37-34-47(41-65(56)72)74-62-25-13-8-20-53(62)54-21-9-14-26-63(54)74/h3-41H,1-2H3. The molecule has 0 radical (unpaired) electrons. The summed E-state index contributed by atoms with van der Waals surface area (Å²) in [4.78, 5) is 10.9. The monoisotopic (exact) mass is 943 g/mol. The van der Waals surface area contributed by atoms with E-state index in [-0.39, 0.29) is 5.41 Å². The summed E-state index contributed by atoms with van der Waals surface area (Å²) in [6.45, 7) is 4.66. The van der Waals surface area contributed by atoms with Crippen LogP contribution in [0.25, 0.3) is 138 Å². The van der Waals surface area contributed by atoms with Gasteiger partial charge in [-0.2, -0.15) is 0 Å². The molecule has 346 valence electrons. The van der Waals surface area contributed by atoms with Gasteiger partial charge in [-0.25, -0.2) is 9.97 Å². The van der Waals surface area contributed by atoms with E-state index in [9.17, 15) is 0 Å². The number of hydrogen-bond donors (Lipinski definition) is 0. The van der Waals surface area contributed by atoms with Crippen molar-refractivity contribution >= 4 is 87.1 Å². The molecule has 0 saturated carbocycles. The summed E-state index contributed by atoms with van der Waals surface area (Å²) >= 11 is 0. The van der Waals surface area contributed by atoms with E-state index in [0.29, 0.717) is 0 Å². The predicted molar refractivity (Wildman–Crippen MR) is 308 cm³/mol. The first-order chi connectivity index (χ1) is 36.5. The summed E-state index contributed by atoms with van der Waals surface area (Å²) in [6.07, 6.45) is 0. The molecule has 0 amide bonds. The van der Waals surface area contributed by atoms with Gasteiger partial charge in [0, 0.05) is 71.3 Å². The molecule has 0 N–H and O–H groups in total. The third kappa shape index (κ3) is 5.75. The fourth-order valence-corrected chi connectivity index (χ4v) is 12.8. The molecule has 1 aliphatic carbocycles. The van der Waals surface area contributed by atoms with E-state index in [1.165, 1.54) is 76.6 Å². The molecule has 1 aliphatic rings. The van der Waals surface area contributed by atoms with Crippen molar-refractivity contribution in [3.8, 4) is 50.8 Å². The molecule has 0 unspecified atom stereocenters. The van der Waals surface area contributed by atoms with Crippen LogP contribution in [0.5, 0.6) is 0 Å². The molecule has 0 fully saturated rings. The molecule has 5 heteroatoms. The van der Waals surface area contributed by atoms with E-state index in [4.69, 9.17) is 9.97 Å². The molecule has 4 aromatic heterocycles. The summed E-state index contributed by atoms with van der Waals surface area (Å²) in [5.41, 5.74) is 19.3. The fourth-order valence-electron chi connectivity index (χ4n) is 12.8. The molecular weight excluding hydrogens is 899 g/mol. The summed E-state index contributed by atoms with van der Waals surface area (Å²) in [5, 5.41) is 10.7. The van der Waals surface area contributed by atoms with Crippen LogP contribution in [0.15, 0.2) is 237 Å². The van der Waals surface area contributed by atoms with Gasteiger partial charge in [-0.1, -0.05) is 178 Å². The summed E-state index contributed by atoms with van der Waals surface area (Å²) in [5.74, 6) is 0.721. The van der Waals surface area contributed by atoms with Crippen molar-refractivity contribution in [1.82, 2.24) is 23.7 Å². The van der Waals surface area contributed by atoms with Gasteiger partial charge in [0.05, 0.1) is 44.3 Å². The van der Waals surface area contributed by atoms with E-state index in [0.717, 1.165) is 72.4 Å². The van der Waals surface area contributed by atoms with Crippen LogP contribution in [0.4, 0.5) is 0 Å². The van der Waals surface area contributed by atoms with Crippen molar-refractivity contribution in [2.45, 2.75) is 19.3 Å². The molecule has 0 saturated heterocycles. The normalized spacial score (nSPS) is 13.1. The van der Waals surface area contributed by atoms with Crippen molar-refractivity contribution in [2.24, 2.45) is 0 Å². The maximum Gasteiger partial charge on any atom is 0.160 e. The fraction of sp³-hybridized carbons (Fsp3) is 0.0435. The lowest BCUT2D eigenvalue weighted by atomic mass is 9.82. The number of rotatable bonds is 5. The molecule has 15 aromatic rings. The Hall–Kier alpha value is -9.58. The molecule has 16 rings (SSSR count). The van der Waals surface area contributed by atoms with Gasteiger partial charge in [0.25, 0.3) is 0 Å². The first kappa shape index (κ1) is 41.1. The van der Waals surface area contributed by atoms with Gasteiger partial charge < -0.3 is 13.7 Å². The topological polar surface area (TPSA) is 40.6 Å². The largest absolute Gasteiger partial charge is 0.309 e. The van der Waals surface area contributed by atoms with Crippen LogP contribution in [-0.2, 0) is 5.41 Å². The van der Waals surface area contributed by atoms with Crippen LogP contribution in [0, 0.1) is 0 Å². The van der Waals surface area contributed by atoms with Gasteiger partial charge in [-0.05, 0) is 106 Å². The minimum atomic E-state index is -0.144. The molecule has 0 atom stereocenters.